The molecule has 0 spiro atoms. The second-order valence-corrected chi connectivity index (χ2v) is 2.55. The normalized spacial score (nSPS) is 17.9. The molecule has 0 amide bonds. The summed E-state index contributed by atoms with van der Waals surface area (Å²) < 4.78 is 0. The second kappa shape index (κ2) is 3.35. The van der Waals surface area contributed by atoms with Gasteiger partial charge in [0.15, 0.2) is 5.78 Å². The molecule has 0 fully saturated rings. The van der Waals surface area contributed by atoms with Gasteiger partial charge in [-0.05, 0) is 26.2 Å². The fourth-order valence-corrected chi connectivity index (χ4v) is 1.03. The molecular formula is C9H12O. The Morgan fingerprint density at radius 2 is 2.30 bits per heavy atom. The minimum absolute atomic E-state index is 0.179. The van der Waals surface area contributed by atoms with Crippen LogP contribution in [-0.4, -0.2) is 5.78 Å². The number of hydrogen-bond acceptors (Lipinski definition) is 1. The molecule has 54 valence electrons. The van der Waals surface area contributed by atoms with Crippen LogP contribution in [0.4, 0.5) is 0 Å². The minimum atomic E-state index is 0.179. The maximum atomic E-state index is 10.8. The fourth-order valence-electron chi connectivity index (χ4n) is 1.03. The number of rotatable bonds is 1. The highest BCUT2D eigenvalue weighted by Crippen LogP contribution is 2.10. The number of allylic oxidation sites excluding steroid dienone is 4. The Labute approximate surface area is 61.4 Å². The number of carbonyl (C=O) groups excluding carboxylic acids is 1. The Morgan fingerprint density at radius 3 is 3.00 bits per heavy atom. The summed E-state index contributed by atoms with van der Waals surface area (Å²) in [5.41, 5.74) is 0.873. The van der Waals surface area contributed by atoms with Gasteiger partial charge in [0.1, 0.15) is 0 Å². The van der Waals surface area contributed by atoms with Gasteiger partial charge in [-0.1, -0.05) is 18.2 Å². The van der Waals surface area contributed by atoms with Gasteiger partial charge in [-0.15, -0.1) is 0 Å². The molecule has 1 heteroatoms. The van der Waals surface area contributed by atoms with E-state index in [1.807, 2.05) is 12.2 Å². The Bertz CT molecular complexity index is 187. The molecule has 0 atom stereocenters. The molecule has 0 unspecified atom stereocenters. The molecule has 0 heterocycles. The van der Waals surface area contributed by atoms with E-state index in [0.29, 0.717) is 0 Å². The Hall–Kier alpha value is -0.850. The van der Waals surface area contributed by atoms with E-state index in [2.05, 4.69) is 6.08 Å². The van der Waals surface area contributed by atoms with E-state index in [1.54, 1.807) is 6.92 Å². The summed E-state index contributed by atoms with van der Waals surface area (Å²) >= 11 is 0. The van der Waals surface area contributed by atoms with E-state index in [4.69, 9.17) is 0 Å². The molecule has 0 aromatic carbocycles. The van der Waals surface area contributed by atoms with Crippen molar-refractivity contribution in [3.8, 4) is 0 Å². The summed E-state index contributed by atoms with van der Waals surface area (Å²) in [7, 11) is 0. The van der Waals surface area contributed by atoms with Crippen molar-refractivity contribution in [3.63, 3.8) is 0 Å². The smallest absolute Gasteiger partial charge is 0.159 e. The van der Waals surface area contributed by atoms with Crippen molar-refractivity contribution in [2.45, 2.75) is 26.2 Å². The highest BCUT2D eigenvalue weighted by atomic mass is 16.1. The highest BCUT2D eigenvalue weighted by molar-refractivity contribution is 5.95. The lowest BCUT2D eigenvalue weighted by Gasteiger charge is -1.90. The van der Waals surface area contributed by atoms with Crippen LogP contribution in [0.5, 0.6) is 0 Å². The van der Waals surface area contributed by atoms with Gasteiger partial charge in [0.25, 0.3) is 0 Å². The zero-order valence-electron chi connectivity index (χ0n) is 6.26. The predicted molar refractivity (Wildman–Crippen MR) is 41.8 cm³/mol. The van der Waals surface area contributed by atoms with Crippen LogP contribution in [0.15, 0.2) is 23.8 Å². The summed E-state index contributed by atoms with van der Waals surface area (Å²) in [4.78, 5) is 10.8. The van der Waals surface area contributed by atoms with Gasteiger partial charge in [-0.3, -0.25) is 4.79 Å². The van der Waals surface area contributed by atoms with Crippen molar-refractivity contribution in [1.82, 2.24) is 0 Å². The maximum absolute atomic E-state index is 10.8. The quantitative estimate of drug-likeness (QED) is 0.540. The topological polar surface area (TPSA) is 17.1 Å². The van der Waals surface area contributed by atoms with E-state index < -0.39 is 0 Å². The van der Waals surface area contributed by atoms with Crippen molar-refractivity contribution in [1.29, 1.82) is 0 Å². The zero-order valence-corrected chi connectivity index (χ0v) is 6.26. The molecule has 10 heavy (non-hydrogen) atoms. The van der Waals surface area contributed by atoms with Gasteiger partial charge in [0.2, 0.25) is 0 Å². The third-order valence-electron chi connectivity index (χ3n) is 1.64. The van der Waals surface area contributed by atoms with Crippen LogP contribution >= 0.6 is 0 Å². The molecule has 1 nitrogen and oxygen atoms in total. The average molecular weight is 136 g/mol. The standard InChI is InChI=1S/C9H12O/c1-8(10)9-6-4-2-3-5-7-9/h4,6-7H,2-3,5H2,1H3. The van der Waals surface area contributed by atoms with Gasteiger partial charge < -0.3 is 0 Å². The third kappa shape index (κ3) is 1.83. The molecule has 0 saturated heterocycles. The summed E-state index contributed by atoms with van der Waals surface area (Å²) in [6, 6.07) is 0. The predicted octanol–water partition coefficient (Wildman–Crippen LogP) is 2.24. The maximum Gasteiger partial charge on any atom is 0.159 e. The van der Waals surface area contributed by atoms with Crippen LogP contribution in [0, 0.1) is 0 Å². The van der Waals surface area contributed by atoms with E-state index in [9.17, 15) is 4.79 Å². The molecule has 0 aromatic heterocycles. The number of Topliss-reactive ketones (excluding diaryl/α,β-unsaturated/α-hetero) is 1. The van der Waals surface area contributed by atoms with Crippen molar-refractivity contribution >= 4 is 5.78 Å². The molecular weight excluding hydrogens is 124 g/mol. The lowest BCUT2D eigenvalue weighted by molar-refractivity contribution is -0.113. The van der Waals surface area contributed by atoms with Gasteiger partial charge in [0, 0.05) is 5.57 Å². The molecule has 0 N–H and O–H groups in total. The fraction of sp³-hybridized carbons (Fsp3) is 0.444. The molecule has 1 aliphatic rings. The molecule has 1 aliphatic carbocycles. The number of ketones is 1. The van der Waals surface area contributed by atoms with E-state index in [0.717, 1.165) is 18.4 Å². The van der Waals surface area contributed by atoms with Crippen LogP contribution in [0.3, 0.4) is 0 Å². The Morgan fingerprint density at radius 1 is 1.50 bits per heavy atom. The summed E-state index contributed by atoms with van der Waals surface area (Å²) in [5, 5.41) is 0. The summed E-state index contributed by atoms with van der Waals surface area (Å²) in [6.45, 7) is 1.61. The van der Waals surface area contributed by atoms with Crippen molar-refractivity contribution in [2.75, 3.05) is 0 Å². The Kier molecular flexibility index (Phi) is 2.43. The monoisotopic (exact) mass is 136 g/mol. The minimum Gasteiger partial charge on any atom is -0.295 e. The van der Waals surface area contributed by atoms with Gasteiger partial charge in [-0.2, -0.15) is 0 Å². The van der Waals surface area contributed by atoms with Gasteiger partial charge >= 0.3 is 0 Å². The van der Waals surface area contributed by atoms with Gasteiger partial charge in [-0.25, -0.2) is 0 Å². The van der Waals surface area contributed by atoms with Crippen LogP contribution in [0.1, 0.15) is 26.2 Å². The Balaban J connectivity index is 2.70. The summed E-state index contributed by atoms with van der Waals surface area (Å²) in [5.74, 6) is 0.179. The molecule has 0 aliphatic heterocycles. The highest BCUT2D eigenvalue weighted by Gasteiger charge is 1.99. The number of carbonyl (C=O) groups is 1. The largest absolute Gasteiger partial charge is 0.295 e. The van der Waals surface area contributed by atoms with Crippen LogP contribution in [-0.2, 0) is 4.79 Å². The lowest BCUT2D eigenvalue weighted by atomic mass is 10.1. The summed E-state index contributed by atoms with van der Waals surface area (Å²) in [6.07, 6.45) is 9.34. The van der Waals surface area contributed by atoms with Crippen molar-refractivity contribution in [3.05, 3.63) is 23.8 Å². The first-order valence-corrected chi connectivity index (χ1v) is 3.68. The third-order valence-corrected chi connectivity index (χ3v) is 1.64. The first-order chi connectivity index (χ1) is 4.80. The van der Waals surface area contributed by atoms with Crippen molar-refractivity contribution in [2.24, 2.45) is 0 Å². The molecule has 0 radical (unpaired) electrons. The van der Waals surface area contributed by atoms with E-state index in [-0.39, 0.29) is 5.78 Å². The lowest BCUT2D eigenvalue weighted by Crippen LogP contribution is -1.91. The van der Waals surface area contributed by atoms with Crippen LogP contribution in [0.25, 0.3) is 0 Å². The van der Waals surface area contributed by atoms with Gasteiger partial charge in [0.05, 0.1) is 0 Å². The first kappa shape index (κ1) is 7.26. The number of hydrogen-bond donors (Lipinski definition) is 0. The average Bonchev–Trinajstić information content (AvgIpc) is 2.12. The van der Waals surface area contributed by atoms with Crippen molar-refractivity contribution < 1.29 is 4.79 Å². The van der Waals surface area contributed by atoms with Crippen LogP contribution < -0.4 is 0 Å². The molecule has 0 bridgehead atoms. The second-order valence-electron chi connectivity index (χ2n) is 2.55. The van der Waals surface area contributed by atoms with E-state index in [1.165, 1.54) is 6.42 Å². The molecule has 0 saturated carbocycles. The molecule has 1 rings (SSSR count). The SMILES string of the molecule is CC(=O)C1=CCCCC=C1. The first-order valence-electron chi connectivity index (χ1n) is 3.68. The zero-order chi connectivity index (χ0) is 7.40. The molecule has 0 aromatic rings. The van der Waals surface area contributed by atoms with Crippen LogP contribution in [0.2, 0.25) is 0 Å². The van der Waals surface area contributed by atoms with E-state index >= 15 is 0 Å².